The van der Waals surface area contributed by atoms with Crippen LogP contribution in [0.15, 0.2) is 42.5 Å². The normalized spacial score (nSPS) is 10.5. The first-order valence-electron chi connectivity index (χ1n) is 6.29. The molecule has 0 aliphatic carbocycles. The Morgan fingerprint density at radius 1 is 1.14 bits per heavy atom. The molecule has 2 rings (SSSR count). The summed E-state index contributed by atoms with van der Waals surface area (Å²) in [4.78, 5) is 11.0. The summed E-state index contributed by atoms with van der Waals surface area (Å²) in [5, 5.41) is 0. The molecule has 5 heteroatoms. The molecule has 0 heterocycles. The number of hydrogen-bond acceptors (Lipinski definition) is 3. The molecule has 0 amide bonds. The van der Waals surface area contributed by atoms with Gasteiger partial charge in [0.05, 0.1) is 12.7 Å². The Balaban J connectivity index is 2.41. The highest BCUT2D eigenvalue weighted by atomic mass is 19.3. The fraction of sp³-hybridized carbons (Fsp3) is 0.188. The van der Waals surface area contributed by atoms with Gasteiger partial charge in [-0.25, -0.2) is 8.78 Å². The predicted molar refractivity (Wildman–Crippen MR) is 75.3 cm³/mol. The third-order valence-corrected chi connectivity index (χ3v) is 2.92. The van der Waals surface area contributed by atoms with Crippen molar-refractivity contribution in [2.75, 3.05) is 13.7 Å². The van der Waals surface area contributed by atoms with Crippen molar-refractivity contribution in [1.29, 1.82) is 0 Å². The standard InChI is InChI=1S/C16H14F2O3/c1-20-14-5-3-2-4-13(14)11-6-7-12(9-19)15(8-11)21-10-16(17)18/h2-9,16H,10H2,1H3. The van der Waals surface area contributed by atoms with Crippen LogP contribution in [-0.2, 0) is 0 Å². The Kier molecular flexibility index (Phi) is 4.87. The molecule has 0 bridgehead atoms. The molecule has 0 spiro atoms. The molecule has 0 radical (unpaired) electrons. The molecule has 0 aliphatic heterocycles. The van der Waals surface area contributed by atoms with Crippen LogP contribution in [0.3, 0.4) is 0 Å². The van der Waals surface area contributed by atoms with Crippen LogP contribution < -0.4 is 9.47 Å². The molecular formula is C16H14F2O3. The number of hydrogen-bond donors (Lipinski definition) is 0. The predicted octanol–water partition coefficient (Wildman–Crippen LogP) is 3.82. The number of rotatable bonds is 6. The third kappa shape index (κ3) is 3.56. The van der Waals surface area contributed by atoms with Crippen molar-refractivity contribution in [2.45, 2.75) is 6.43 Å². The van der Waals surface area contributed by atoms with Crippen LogP contribution in [0.4, 0.5) is 8.78 Å². The van der Waals surface area contributed by atoms with Crippen molar-refractivity contribution in [3.8, 4) is 22.6 Å². The summed E-state index contributed by atoms with van der Waals surface area (Å²) in [5.41, 5.74) is 1.75. The number of ether oxygens (including phenoxy) is 2. The van der Waals surface area contributed by atoms with E-state index in [-0.39, 0.29) is 11.3 Å². The van der Waals surface area contributed by atoms with Gasteiger partial charge in [-0.15, -0.1) is 0 Å². The van der Waals surface area contributed by atoms with Crippen molar-refractivity contribution in [1.82, 2.24) is 0 Å². The minimum atomic E-state index is -2.60. The second-order valence-electron chi connectivity index (χ2n) is 4.27. The zero-order valence-corrected chi connectivity index (χ0v) is 11.4. The second kappa shape index (κ2) is 6.83. The van der Waals surface area contributed by atoms with Crippen molar-refractivity contribution in [3.63, 3.8) is 0 Å². The summed E-state index contributed by atoms with van der Waals surface area (Å²) in [6.45, 7) is -0.754. The van der Waals surface area contributed by atoms with E-state index in [0.717, 1.165) is 11.1 Å². The Bertz CT molecular complexity index is 627. The molecule has 2 aromatic carbocycles. The highest BCUT2D eigenvalue weighted by molar-refractivity contribution is 5.82. The van der Waals surface area contributed by atoms with Gasteiger partial charge >= 0.3 is 0 Å². The van der Waals surface area contributed by atoms with Crippen molar-refractivity contribution in [2.24, 2.45) is 0 Å². The smallest absolute Gasteiger partial charge is 0.272 e. The first-order valence-corrected chi connectivity index (χ1v) is 6.29. The Labute approximate surface area is 121 Å². The van der Waals surface area contributed by atoms with E-state index in [9.17, 15) is 13.6 Å². The molecule has 110 valence electrons. The highest BCUT2D eigenvalue weighted by Gasteiger charge is 2.11. The Hall–Kier alpha value is -2.43. The van der Waals surface area contributed by atoms with Gasteiger partial charge in [0.25, 0.3) is 6.43 Å². The molecule has 0 saturated carbocycles. The van der Waals surface area contributed by atoms with E-state index >= 15 is 0 Å². The van der Waals surface area contributed by atoms with Crippen LogP contribution in [0, 0.1) is 0 Å². The Morgan fingerprint density at radius 3 is 2.57 bits per heavy atom. The van der Waals surface area contributed by atoms with Gasteiger partial charge in [0.1, 0.15) is 18.1 Å². The van der Waals surface area contributed by atoms with Gasteiger partial charge in [0, 0.05) is 5.56 Å². The molecule has 0 aromatic heterocycles. The van der Waals surface area contributed by atoms with E-state index in [1.54, 1.807) is 25.3 Å². The number of methoxy groups -OCH3 is 1. The van der Waals surface area contributed by atoms with E-state index < -0.39 is 13.0 Å². The lowest BCUT2D eigenvalue weighted by molar-refractivity contribution is 0.0809. The first kappa shape index (κ1) is 15.0. The number of aldehydes is 1. The maximum Gasteiger partial charge on any atom is 0.272 e. The van der Waals surface area contributed by atoms with E-state index in [1.807, 2.05) is 18.2 Å². The Morgan fingerprint density at radius 2 is 1.90 bits per heavy atom. The molecule has 0 aliphatic rings. The molecule has 0 unspecified atom stereocenters. The fourth-order valence-electron chi connectivity index (χ4n) is 1.96. The lowest BCUT2D eigenvalue weighted by Gasteiger charge is -2.12. The van der Waals surface area contributed by atoms with E-state index in [2.05, 4.69) is 0 Å². The van der Waals surface area contributed by atoms with Crippen molar-refractivity contribution >= 4 is 6.29 Å². The van der Waals surface area contributed by atoms with Gasteiger partial charge in [0.2, 0.25) is 0 Å². The van der Waals surface area contributed by atoms with Crippen LogP contribution in [-0.4, -0.2) is 26.4 Å². The quantitative estimate of drug-likeness (QED) is 0.759. The number of para-hydroxylation sites is 1. The molecule has 3 nitrogen and oxygen atoms in total. The SMILES string of the molecule is COc1ccccc1-c1ccc(C=O)c(OCC(F)F)c1. The van der Waals surface area contributed by atoms with Gasteiger partial charge in [-0.3, -0.25) is 4.79 Å². The summed E-state index contributed by atoms with van der Waals surface area (Å²) < 4.78 is 34.8. The number of alkyl halides is 2. The van der Waals surface area contributed by atoms with Gasteiger partial charge in [-0.2, -0.15) is 0 Å². The zero-order valence-electron chi connectivity index (χ0n) is 11.4. The average Bonchev–Trinajstić information content (AvgIpc) is 2.52. The van der Waals surface area contributed by atoms with E-state index in [0.29, 0.717) is 12.0 Å². The summed E-state index contributed by atoms with van der Waals surface area (Å²) in [6, 6.07) is 12.1. The van der Waals surface area contributed by atoms with E-state index in [4.69, 9.17) is 9.47 Å². The number of carbonyl (C=O) groups excluding carboxylic acids is 1. The summed E-state index contributed by atoms with van der Waals surface area (Å²) in [6.07, 6.45) is -2.02. The van der Waals surface area contributed by atoms with Crippen LogP contribution in [0.1, 0.15) is 10.4 Å². The number of halogens is 2. The van der Waals surface area contributed by atoms with Gasteiger partial charge in [-0.05, 0) is 23.8 Å². The highest BCUT2D eigenvalue weighted by Crippen LogP contribution is 2.33. The average molecular weight is 292 g/mol. The number of benzene rings is 2. The molecule has 0 N–H and O–H groups in total. The lowest BCUT2D eigenvalue weighted by atomic mass is 10.0. The minimum absolute atomic E-state index is 0.133. The number of carbonyl (C=O) groups is 1. The molecule has 2 aromatic rings. The maximum atomic E-state index is 12.3. The largest absolute Gasteiger partial charge is 0.496 e. The molecular weight excluding hydrogens is 278 g/mol. The molecule has 0 saturated heterocycles. The van der Waals surface area contributed by atoms with Crippen LogP contribution >= 0.6 is 0 Å². The topological polar surface area (TPSA) is 35.5 Å². The summed E-state index contributed by atoms with van der Waals surface area (Å²) in [5.74, 6) is 0.782. The second-order valence-corrected chi connectivity index (χ2v) is 4.27. The maximum absolute atomic E-state index is 12.3. The lowest BCUT2D eigenvalue weighted by Crippen LogP contribution is -2.08. The van der Waals surface area contributed by atoms with Gasteiger partial charge in [-0.1, -0.05) is 24.3 Å². The molecule has 21 heavy (non-hydrogen) atoms. The van der Waals surface area contributed by atoms with Gasteiger partial charge < -0.3 is 9.47 Å². The zero-order chi connectivity index (χ0) is 15.2. The van der Waals surface area contributed by atoms with Crippen LogP contribution in [0.25, 0.3) is 11.1 Å². The fourth-order valence-corrected chi connectivity index (χ4v) is 1.96. The van der Waals surface area contributed by atoms with E-state index in [1.165, 1.54) is 6.07 Å². The van der Waals surface area contributed by atoms with Crippen molar-refractivity contribution < 1.29 is 23.0 Å². The molecule has 0 fully saturated rings. The van der Waals surface area contributed by atoms with Crippen LogP contribution in [0.5, 0.6) is 11.5 Å². The minimum Gasteiger partial charge on any atom is -0.496 e. The summed E-state index contributed by atoms with van der Waals surface area (Å²) >= 11 is 0. The monoisotopic (exact) mass is 292 g/mol. The van der Waals surface area contributed by atoms with Crippen LogP contribution in [0.2, 0.25) is 0 Å². The van der Waals surface area contributed by atoms with Crippen molar-refractivity contribution in [3.05, 3.63) is 48.0 Å². The first-order chi connectivity index (χ1) is 10.2. The third-order valence-electron chi connectivity index (χ3n) is 2.92. The van der Waals surface area contributed by atoms with Gasteiger partial charge in [0.15, 0.2) is 6.29 Å². The summed E-state index contributed by atoms with van der Waals surface area (Å²) in [7, 11) is 1.55. The molecule has 0 atom stereocenters.